The molecule has 6 aliphatic heterocycles. The normalized spacial score (nSPS) is 13.7. The van der Waals surface area contributed by atoms with Crippen molar-refractivity contribution in [1.82, 2.24) is 0 Å². The van der Waals surface area contributed by atoms with Crippen molar-refractivity contribution in [1.29, 1.82) is 0 Å². The number of anilines is 18. The molecule has 0 aliphatic carbocycles. The van der Waals surface area contributed by atoms with Crippen LogP contribution in [0, 0.1) is 0 Å². The highest BCUT2D eigenvalue weighted by Gasteiger charge is 2.52. The average Bonchev–Trinajstić information content (AvgIpc) is 0.672. The minimum atomic E-state index is -0.232. The van der Waals surface area contributed by atoms with Gasteiger partial charge in [-0.1, -0.05) is 194 Å². The molecule has 14 aromatic carbocycles. The maximum atomic E-state index is 16.6. The minimum absolute atomic E-state index is 0.0343. The fourth-order valence-electron chi connectivity index (χ4n) is 17.2. The Morgan fingerprint density at radius 2 is 0.552 bits per heavy atom. The van der Waals surface area contributed by atoms with Crippen molar-refractivity contribution in [2.75, 3.05) is 29.4 Å². The molecule has 96 heavy (non-hydrogen) atoms. The Morgan fingerprint density at radius 1 is 0.250 bits per heavy atom. The molecule has 0 unspecified atom stereocenters. The molecule has 11 heteroatoms. The molecular weight excluding hydrogens is 1190 g/mol. The number of benzene rings is 14. The van der Waals surface area contributed by atoms with Gasteiger partial charge in [-0.25, -0.2) is 0 Å². The molecule has 7 heterocycles. The summed E-state index contributed by atoms with van der Waals surface area (Å²) in [5.41, 5.74) is 30.7. The molecule has 444 valence electrons. The first-order valence-corrected chi connectivity index (χ1v) is 33.9. The van der Waals surface area contributed by atoms with E-state index in [-0.39, 0.29) is 25.6 Å². The number of para-hydroxylation sites is 10. The van der Waals surface area contributed by atoms with Crippen LogP contribution in [-0.2, 0) is 0 Å². The molecule has 0 amide bonds. The molecule has 0 saturated heterocycles. The molecule has 1 aromatic heterocycles. The largest absolute Gasteiger partial charge is 0.312 e. The summed E-state index contributed by atoms with van der Waals surface area (Å²) >= 11 is 1.72. The Balaban J connectivity index is 0.838. The van der Waals surface area contributed by atoms with Crippen molar-refractivity contribution in [3.05, 3.63) is 332 Å². The van der Waals surface area contributed by atoms with Gasteiger partial charge in [0.1, 0.15) is 0 Å². The van der Waals surface area contributed by atoms with Crippen LogP contribution in [0.4, 0.5) is 102 Å². The van der Waals surface area contributed by atoms with Gasteiger partial charge in [-0.05, 0) is 177 Å². The van der Waals surface area contributed by atoms with Gasteiger partial charge in [0.15, 0.2) is 5.43 Å². The summed E-state index contributed by atoms with van der Waals surface area (Å²) in [6.45, 7) is -0.484. The zero-order valence-electron chi connectivity index (χ0n) is 51.8. The van der Waals surface area contributed by atoms with Gasteiger partial charge in [0.25, 0.3) is 20.1 Å². The van der Waals surface area contributed by atoms with Crippen LogP contribution in [0.15, 0.2) is 326 Å². The fourth-order valence-corrected chi connectivity index (χ4v) is 18.3. The van der Waals surface area contributed by atoms with E-state index >= 15 is 4.79 Å². The van der Waals surface area contributed by atoms with Gasteiger partial charge < -0.3 is 29.4 Å². The van der Waals surface area contributed by atoms with Crippen LogP contribution in [0.1, 0.15) is 0 Å². The summed E-state index contributed by atoms with van der Waals surface area (Å²) in [5.74, 6) is 0. The predicted octanol–water partition coefficient (Wildman–Crippen LogP) is 15.7. The molecule has 0 fully saturated rings. The van der Waals surface area contributed by atoms with Crippen molar-refractivity contribution in [2.24, 2.45) is 0 Å². The first-order chi connectivity index (χ1) is 47.6. The maximum absolute atomic E-state index is 16.6. The van der Waals surface area contributed by atoms with E-state index in [2.05, 4.69) is 351 Å². The smallest absolute Gasteiger partial charge is 0.252 e. The monoisotopic (exact) mass is 1240 g/mol. The van der Waals surface area contributed by atoms with Crippen LogP contribution in [0.2, 0.25) is 0 Å². The highest BCUT2D eigenvalue weighted by Crippen LogP contribution is 2.53. The molecule has 0 atom stereocenters. The lowest BCUT2D eigenvalue weighted by Gasteiger charge is -2.51. The van der Waals surface area contributed by atoms with Crippen LogP contribution in [0.25, 0.3) is 20.2 Å². The zero-order chi connectivity index (χ0) is 62.9. The SMILES string of the molecule is O=c1c2cc3c(cc2sc2cc4c(cc12)B1c2ccccc2N2c5ccccc5B5c6ccccc6N(c6ccccc6)c6cc(c1c2c65)N4c1ccccc1)N(c1ccccc1)c1cc(N(c2ccccc2)c2ccccc2)cc2c1B3c1ccccc1N2c1ccccc1. The summed E-state index contributed by atoms with van der Waals surface area (Å²) in [6.07, 6.45) is 0. The van der Waals surface area contributed by atoms with E-state index in [0.717, 1.165) is 116 Å². The molecule has 21 rings (SSSR count). The van der Waals surface area contributed by atoms with Crippen molar-refractivity contribution in [2.45, 2.75) is 0 Å². The van der Waals surface area contributed by atoms with E-state index in [0.29, 0.717) is 0 Å². The summed E-state index contributed by atoms with van der Waals surface area (Å²) in [4.78, 5) is 31.5. The van der Waals surface area contributed by atoms with E-state index in [9.17, 15) is 0 Å². The minimum Gasteiger partial charge on any atom is -0.312 e. The molecule has 0 bridgehead atoms. The molecule has 7 nitrogen and oxygen atoms in total. The van der Waals surface area contributed by atoms with Crippen molar-refractivity contribution in [3.63, 3.8) is 0 Å². The quantitative estimate of drug-likeness (QED) is 0.116. The molecule has 0 saturated carbocycles. The molecule has 0 radical (unpaired) electrons. The van der Waals surface area contributed by atoms with E-state index < -0.39 is 0 Å². The average molecular weight is 1240 g/mol. The predicted molar refractivity (Wildman–Crippen MR) is 408 cm³/mol. The van der Waals surface area contributed by atoms with Crippen LogP contribution in [0.3, 0.4) is 0 Å². The van der Waals surface area contributed by atoms with Gasteiger partial charge in [0.2, 0.25) is 0 Å². The topological polar surface area (TPSA) is 36.5 Å². The number of fused-ring (bicyclic) bond motifs is 16. The Kier molecular flexibility index (Phi) is 11.4. The maximum Gasteiger partial charge on any atom is 0.252 e. The second kappa shape index (κ2) is 20.5. The Bertz CT molecular complexity index is 5780. The van der Waals surface area contributed by atoms with Gasteiger partial charge in [-0.15, -0.1) is 11.3 Å². The highest BCUT2D eigenvalue weighted by molar-refractivity contribution is 7.24. The number of nitrogens with zero attached hydrogens (tertiary/aromatic N) is 6. The summed E-state index contributed by atoms with van der Waals surface area (Å²) in [6, 6.07) is 117. The van der Waals surface area contributed by atoms with Crippen LogP contribution in [-0.4, -0.2) is 20.1 Å². The van der Waals surface area contributed by atoms with Crippen LogP contribution in [0.5, 0.6) is 0 Å². The third-order valence-electron chi connectivity index (χ3n) is 20.9. The Labute approximate surface area is 560 Å². The van der Waals surface area contributed by atoms with Gasteiger partial charge in [0, 0.05) is 117 Å². The number of hydrogen-bond donors (Lipinski definition) is 0. The zero-order valence-corrected chi connectivity index (χ0v) is 52.6. The third-order valence-corrected chi connectivity index (χ3v) is 22.0. The number of hydrogen-bond acceptors (Lipinski definition) is 8. The second-order valence-electron chi connectivity index (χ2n) is 25.8. The van der Waals surface area contributed by atoms with E-state index in [1.54, 1.807) is 11.3 Å². The van der Waals surface area contributed by atoms with E-state index in [1.165, 1.54) is 55.3 Å². The fraction of sp³-hybridized carbons (Fsp3) is 0. The lowest BCUT2D eigenvalue weighted by atomic mass is 9.28. The second-order valence-corrected chi connectivity index (χ2v) is 26.9. The molecule has 15 aromatic rings. The van der Waals surface area contributed by atoms with Crippen LogP contribution >= 0.6 is 11.3 Å². The lowest BCUT2D eigenvalue weighted by molar-refractivity contribution is 1.23. The molecule has 0 N–H and O–H groups in total. The molecule has 0 spiro atoms. The standard InChI is InChI=1S/C85H53B3N6OS/c95-85-61-49-67-73(92(58-35-15-5-16-36-58)76-48-60(89(54-27-7-1-8-28-54)55-29-9-2-10-30-55)47-75-81(76)87(67)64-40-20-24-44-70(64)90(75)56-31-11-3-12-32-56)52-79(61)96-80-53-74-68(50-62(80)85)88-66-42-22-26-46-72(66)94-71-45-25-21-41-65(71)86-63-39-19-23-43-69(63)91(57-33-13-4-14-34-57)77-51-78(83(88)84(94)82(77)86)93(74)59-37-17-6-18-38-59/h1-53H. The van der Waals surface area contributed by atoms with Crippen molar-refractivity contribution < 1.29 is 0 Å². The van der Waals surface area contributed by atoms with Gasteiger partial charge >= 0.3 is 0 Å². The summed E-state index contributed by atoms with van der Waals surface area (Å²) in [7, 11) is 0. The van der Waals surface area contributed by atoms with Gasteiger partial charge in [-0.2, -0.15) is 0 Å². The van der Waals surface area contributed by atoms with Gasteiger partial charge in [-0.3, -0.25) is 4.79 Å². The lowest BCUT2D eigenvalue weighted by Crippen LogP contribution is -2.68. The van der Waals surface area contributed by atoms with Crippen molar-refractivity contribution >= 4 is 203 Å². The Hall–Kier alpha value is -12.0. The molecule has 6 aliphatic rings. The number of rotatable bonds is 7. The first kappa shape index (κ1) is 53.5. The summed E-state index contributed by atoms with van der Waals surface area (Å²) in [5, 5.41) is 1.45. The third kappa shape index (κ3) is 7.48. The Morgan fingerprint density at radius 3 is 0.938 bits per heavy atom. The highest BCUT2D eigenvalue weighted by atomic mass is 32.1. The summed E-state index contributed by atoms with van der Waals surface area (Å²) < 4.78 is 1.86. The first-order valence-electron chi connectivity index (χ1n) is 33.1. The van der Waals surface area contributed by atoms with Crippen molar-refractivity contribution in [3.8, 4) is 0 Å². The van der Waals surface area contributed by atoms with Crippen LogP contribution < -0.4 is 84.0 Å². The van der Waals surface area contributed by atoms with E-state index in [4.69, 9.17) is 0 Å². The van der Waals surface area contributed by atoms with Gasteiger partial charge in [0.05, 0.1) is 5.69 Å². The van der Waals surface area contributed by atoms with E-state index in [1.807, 2.05) is 0 Å². The molecular formula is C85H53B3N6OS.